The molecule has 0 N–H and O–H groups in total. The Hall–Kier alpha value is -2.55. The van der Waals surface area contributed by atoms with E-state index in [1.165, 1.54) is 29.3 Å². The molecule has 126 valence electrons. The van der Waals surface area contributed by atoms with E-state index in [2.05, 4.69) is 60.2 Å². The van der Waals surface area contributed by atoms with Crippen molar-refractivity contribution in [2.24, 2.45) is 13.0 Å². The number of hydrogen-bond donors (Lipinski definition) is 0. The zero-order chi connectivity index (χ0) is 17.1. The molecule has 2 aromatic carbocycles. The van der Waals surface area contributed by atoms with E-state index in [9.17, 15) is 4.79 Å². The van der Waals surface area contributed by atoms with E-state index >= 15 is 0 Å². The highest BCUT2D eigenvalue weighted by molar-refractivity contribution is 6.10. The van der Waals surface area contributed by atoms with Gasteiger partial charge in [-0.25, -0.2) is 0 Å². The molecule has 1 aromatic heterocycles. The lowest BCUT2D eigenvalue weighted by atomic mass is 10.0. The molecule has 1 amide bonds. The Morgan fingerprint density at radius 1 is 1.12 bits per heavy atom. The van der Waals surface area contributed by atoms with Crippen molar-refractivity contribution in [2.45, 2.75) is 32.2 Å². The highest BCUT2D eigenvalue weighted by atomic mass is 16.2. The quantitative estimate of drug-likeness (QED) is 0.674. The van der Waals surface area contributed by atoms with Crippen LogP contribution in [0.25, 0.3) is 10.9 Å². The minimum absolute atomic E-state index is 0.140. The molecule has 0 radical (unpaired) electrons. The number of hydrogen-bond acceptors (Lipinski definition) is 1. The average molecular weight is 330 g/mol. The first-order valence-electron chi connectivity index (χ1n) is 9.15. The first-order valence-corrected chi connectivity index (χ1v) is 9.15. The number of aromatic nitrogens is 1. The zero-order valence-corrected chi connectivity index (χ0v) is 14.7. The van der Waals surface area contributed by atoms with Crippen molar-refractivity contribution in [1.29, 1.82) is 0 Å². The lowest BCUT2D eigenvalue weighted by molar-refractivity contribution is 0.0996. The Balaban J connectivity index is 1.48. The van der Waals surface area contributed by atoms with Gasteiger partial charge in [-0.15, -0.1) is 0 Å². The summed E-state index contributed by atoms with van der Waals surface area (Å²) in [6, 6.07) is 14.9. The first kappa shape index (κ1) is 14.8. The lowest BCUT2D eigenvalue weighted by Crippen LogP contribution is -2.22. The molecular formula is C22H22N2O. The van der Waals surface area contributed by atoms with Gasteiger partial charge in [0.2, 0.25) is 0 Å². The van der Waals surface area contributed by atoms with Crippen LogP contribution in [-0.2, 0) is 13.6 Å². The van der Waals surface area contributed by atoms with Gasteiger partial charge in [-0.3, -0.25) is 4.79 Å². The average Bonchev–Trinajstić information content (AvgIpc) is 3.25. The van der Waals surface area contributed by atoms with Gasteiger partial charge in [-0.2, -0.15) is 0 Å². The van der Waals surface area contributed by atoms with E-state index in [0.717, 1.165) is 22.7 Å². The topological polar surface area (TPSA) is 25.2 Å². The fourth-order valence-corrected chi connectivity index (χ4v) is 4.30. The molecule has 1 saturated carbocycles. The molecule has 0 saturated heterocycles. The summed E-state index contributed by atoms with van der Waals surface area (Å²) in [6.45, 7) is 2.93. The Bertz CT molecular complexity index is 1000. The maximum absolute atomic E-state index is 13.0. The molecule has 3 heteroatoms. The van der Waals surface area contributed by atoms with Gasteiger partial charge in [-0.1, -0.05) is 25.5 Å². The van der Waals surface area contributed by atoms with Crippen LogP contribution >= 0.6 is 0 Å². The van der Waals surface area contributed by atoms with Crippen LogP contribution in [0.1, 0.15) is 47.2 Å². The van der Waals surface area contributed by atoms with Crippen LogP contribution in [0.15, 0.2) is 48.7 Å². The molecule has 0 spiro atoms. The number of benzene rings is 2. The summed E-state index contributed by atoms with van der Waals surface area (Å²) in [5.74, 6) is 1.62. The minimum Gasteiger partial charge on any atom is -0.351 e. The number of nitrogens with zero attached hydrogens (tertiary/aromatic N) is 2. The molecule has 3 nitrogen and oxygen atoms in total. The van der Waals surface area contributed by atoms with Crippen molar-refractivity contribution in [1.82, 2.24) is 4.57 Å². The van der Waals surface area contributed by atoms with Crippen molar-refractivity contribution in [2.75, 3.05) is 4.90 Å². The van der Waals surface area contributed by atoms with Gasteiger partial charge in [0, 0.05) is 35.4 Å². The van der Waals surface area contributed by atoms with Crippen LogP contribution in [0.4, 0.5) is 5.69 Å². The third-order valence-corrected chi connectivity index (χ3v) is 5.99. The first-order chi connectivity index (χ1) is 12.2. The second-order valence-electron chi connectivity index (χ2n) is 7.49. The summed E-state index contributed by atoms with van der Waals surface area (Å²) < 4.78 is 2.10. The van der Waals surface area contributed by atoms with Crippen molar-refractivity contribution in [3.05, 3.63) is 65.4 Å². The summed E-state index contributed by atoms with van der Waals surface area (Å²) >= 11 is 0. The van der Waals surface area contributed by atoms with Gasteiger partial charge < -0.3 is 9.47 Å². The smallest absolute Gasteiger partial charge is 0.258 e. The predicted molar refractivity (Wildman–Crippen MR) is 101 cm³/mol. The summed E-state index contributed by atoms with van der Waals surface area (Å²) in [4.78, 5) is 14.9. The number of carbonyl (C=O) groups excluding carboxylic acids is 1. The van der Waals surface area contributed by atoms with Crippen LogP contribution < -0.4 is 4.90 Å². The van der Waals surface area contributed by atoms with Crippen LogP contribution in [-0.4, -0.2) is 10.5 Å². The Morgan fingerprint density at radius 3 is 2.80 bits per heavy atom. The standard InChI is InChI=1S/C22H22N2O/c1-3-14-11-19(14)15-4-5-17-13-24(22(25)20(17)12-15)18-6-7-21-16(10-18)8-9-23(21)2/h4-10,12,14,19H,3,11,13H2,1-2H3. The Kier molecular flexibility index (Phi) is 3.08. The number of aryl methyl sites for hydroxylation is 1. The second-order valence-corrected chi connectivity index (χ2v) is 7.49. The van der Waals surface area contributed by atoms with Crippen LogP contribution in [0.5, 0.6) is 0 Å². The normalized spacial score (nSPS) is 21.8. The van der Waals surface area contributed by atoms with Gasteiger partial charge in [-0.05, 0) is 59.7 Å². The van der Waals surface area contributed by atoms with E-state index in [0.29, 0.717) is 12.5 Å². The number of carbonyl (C=O) groups is 1. The second kappa shape index (κ2) is 5.22. The molecule has 5 rings (SSSR count). The third kappa shape index (κ3) is 2.22. The van der Waals surface area contributed by atoms with Crippen molar-refractivity contribution in [3.8, 4) is 0 Å². The number of fused-ring (bicyclic) bond motifs is 2. The van der Waals surface area contributed by atoms with Gasteiger partial charge in [0.1, 0.15) is 0 Å². The lowest BCUT2D eigenvalue weighted by Gasteiger charge is -2.16. The molecule has 2 atom stereocenters. The van der Waals surface area contributed by atoms with Gasteiger partial charge >= 0.3 is 0 Å². The molecule has 1 fully saturated rings. The molecular weight excluding hydrogens is 308 g/mol. The SMILES string of the molecule is CCC1CC1c1ccc2c(c1)C(=O)N(c1ccc3c(ccn3C)c1)C2. The molecule has 1 aliphatic carbocycles. The minimum atomic E-state index is 0.140. The van der Waals surface area contributed by atoms with Crippen LogP contribution in [0.3, 0.4) is 0 Å². The van der Waals surface area contributed by atoms with Gasteiger partial charge in [0.15, 0.2) is 0 Å². The molecule has 0 bridgehead atoms. The third-order valence-electron chi connectivity index (χ3n) is 5.99. The monoisotopic (exact) mass is 330 g/mol. The van der Waals surface area contributed by atoms with Crippen molar-refractivity contribution in [3.63, 3.8) is 0 Å². The number of amides is 1. The summed E-state index contributed by atoms with van der Waals surface area (Å²) in [7, 11) is 2.04. The fourth-order valence-electron chi connectivity index (χ4n) is 4.30. The van der Waals surface area contributed by atoms with Crippen molar-refractivity contribution >= 4 is 22.5 Å². The van der Waals surface area contributed by atoms with E-state index < -0.39 is 0 Å². The number of anilines is 1. The van der Waals surface area contributed by atoms with Gasteiger partial charge in [0.05, 0.1) is 6.54 Å². The van der Waals surface area contributed by atoms with Crippen LogP contribution in [0, 0.1) is 5.92 Å². The van der Waals surface area contributed by atoms with E-state index in [-0.39, 0.29) is 5.91 Å². The predicted octanol–water partition coefficient (Wildman–Crippen LogP) is 4.85. The summed E-state index contributed by atoms with van der Waals surface area (Å²) in [5, 5.41) is 1.17. The summed E-state index contributed by atoms with van der Waals surface area (Å²) in [5.41, 5.74) is 5.57. The molecule has 1 aliphatic heterocycles. The summed E-state index contributed by atoms with van der Waals surface area (Å²) in [6.07, 6.45) is 4.57. The maximum Gasteiger partial charge on any atom is 0.258 e. The largest absolute Gasteiger partial charge is 0.351 e. The maximum atomic E-state index is 13.0. The Morgan fingerprint density at radius 2 is 2.00 bits per heavy atom. The molecule has 2 heterocycles. The van der Waals surface area contributed by atoms with Crippen LogP contribution in [0.2, 0.25) is 0 Å². The highest BCUT2D eigenvalue weighted by Crippen LogP contribution is 2.50. The van der Waals surface area contributed by atoms with Crippen molar-refractivity contribution < 1.29 is 4.79 Å². The molecule has 2 aliphatic rings. The van der Waals surface area contributed by atoms with E-state index in [1.807, 2.05) is 11.9 Å². The molecule has 3 aromatic rings. The number of rotatable bonds is 3. The van der Waals surface area contributed by atoms with E-state index in [1.54, 1.807) is 0 Å². The van der Waals surface area contributed by atoms with E-state index in [4.69, 9.17) is 0 Å². The fraction of sp³-hybridized carbons (Fsp3) is 0.318. The Labute approximate surface area is 147 Å². The van der Waals surface area contributed by atoms with Gasteiger partial charge in [0.25, 0.3) is 5.91 Å². The molecule has 25 heavy (non-hydrogen) atoms. The molecule has 2 unspecified atom stereocenters. The highest BCUT2D eigenvalue weighted by Gasteiger charge is 2.38. The zero-order valence-electron chi connectivity index (χ0n) is 14.7.